The van der Waals surface area contributed by atoms with Crippen LogP contribution in [0.25, 0.3) is 10.9 Å². The van der Waals surface area contributed by atoms with E-state index < -0.39 is 0 Å². The van der Waals surface area contributed by atoms with Crippen LogP contribution >= 0.6 is 24.0 Å². The molecule has 1 aromatic heterocycles. The molecule has 2 aliphatic rings. The molecule has 20 heavy (non-hydrogen) atoms. The number of likely N-dealkylation sites (N-methyl/N-ethyl adjacent to an activating group) is 1. The lowest BCUT2D eigenvalue weighted by Gasteiger charge is -2.39. The lowest BCUT2D eigenvalue weighted by atomic mass is 9.90. The van der Waals surface area contributed by atoms with Crippen molar-refractivity contribution in [1.29, 1.82) is 0 Å². The highest BCUT2D eigenvalue weighted by molar-refractivity contribution is 6.31. The fourth-order valence-corrected chi connectivity index (χ4v) is 4.20. The molecule has 2 aromatic rings. The first kappa shape index (κ1) is 14.2. The predicted octanol–water partition coefficient (Wildman–Crippen LogP) is 4.43. The summed E-state index contributed by atoms with van der Waals surface area (Å²) in [6, 6.07) is 7.03. The molecule has 2 nitrogen and oxygen atoms in total. The van der Waals surface area contributed by atoms with E-state index in [1.165, 1.54) is 36.7 Å². The molecular weight excluding hydrogens is 291 g/mol. The van der Waals surface area contributed by atoms with Crippen LogP contribution in [0.15, 0.2) is 18.2 Å². The highest BCUT2D eigenvalue weighted by Gasteiger charge is 2.33. The van der Waals surface area contributed by atoms with Crippen molar-refractivity contribution < 1.29 is 0 Å². The van der Waals surface area contributed by atoms with Gasteiger partial charge in [-0.15, -0.1) is 12.4 Å². The van der Waals surface area contributed by atoms with Gasteiger partial charge in [-0.3, -0.25) is 4.90 Å². The van der Waals surface area contributed by atoms with Gasteiger partial charge in [-0.25, -0.2) is 0 Å². The van der Waals surface area contributed by atoms with Gasteiger partial charge in [0.2, 0.25) is 0 Å². The van der Waals surface area contributed by atoms with Crippen molar-refractivity contribution in [2.75, 3.05) is 13.1 Å². The summed E-state index contributed by atoms with van der Waals surface area (Å²) in [6.07, 6.45) is 3.83. The summed E-state index contributed by atoms with van der Waals surface area (Å²) >= 11 is 6.20. The zero-order valence-electron chi connectivity index (χ0n) is 11.7. The Morgan fingerprint density at radius 3 is 2.95 bits per heavy atom. The maximum atomic E-state index is 6.20. The van der Waals surface area contributed by atoms with Gasteiger partial charge in [0, 0.05) is 34.7 Å². The fraction of sp³-hybridized carbons (Fsp3) is 0.500. The molecular formula is C16H20Cl2N2. The Morgan fingerprint density at radius 2 is 2.15 bits per heavy atom. The van der Waals surface area contributed by atoms with E-state index in [9.17, 15) is 0 Å². The fourth-order valence-electron chi connectivity index (χ4n) is 4.03. The van der Waals surface area contributed by atoms with Gasteiger partial charge in [0.25, 0.3) is 0 Å². The monoisotopic (exact) mass is 310 g/mol. The van der Waals surface area contributed by atoms with Crippen LogP contribution in [0.3, 0.4) is 0 Å². The topological polar surface area (TPSA) is 8.17 Å². The van der Waals surface area contributed by atoms with Crippen LogP contribution in [0.5, 0.6) is 0 Å². The predicted molar refractivity (Wildman–Crippen MR) is 87.1 cm³/mol. The van der Waals surface area contributed by atoms with Gasteiger partial charge < -0.3 is 4.57 Å². The van der Waals surface area contributed by atoms with E-state index in [2.05, 4.69) is 28.5 Å². The van der Waals surface area contributed by atoms with Gasteiger partial charge in [0.15, 0.2) is 0 Å². The largest absolute Gasteiger partial charge is 0.342 e. The first-order valence-corrected chi connectivity index (χ1v) is 7.72. The van der Waals surface area contributed by atoms with Gasteiger partial charge in [0.05, 0.1) is 6.04 Å². The van der Waals surface area contributed by atoms with E-state index in [1.807, 2.05) is 6.07 Å². The van der Waals surface area contributed by atoms with Crippen molar-refractivity contribution in [2.45, 2.75) is 38.8 Å². The number of benzene rings is 1. The third-order valence-corrected chi connectivity index (χ3v) is 5.09. The molecule has 1 atom stereocenters. The Hall–Kier alpha value is -0.700. The van der Waals surface area contributed by atoms with E-state index >= 15 is 0 Å². The lowest BCUT2D eigenvalue weighted by molar-refractivity contribution is 0.149. The molecule has 4 rings (SSSR count). The van der Waals surface area contributed by atoms with Crippen molar-refractivity contribution in [3.63, 3.8) is 0 Å². The maximum absolute atomic E-state index is 6.20. The Balaban J connectivity index is 0.00000121. The summed E-state index contributed by atoms with van der Waals surface area (Å²) in [7, 11) is 0. The molecule has 4 heteroatoms. The van der Waals surface area contributed by atoms with Gasteiger partial charge in [0.1, 0.15) is 0 Å². The average Bonchev–Trinajstić information content (AvgIpc) is 2.75. The zero-order chi connectivity index (χ0) is 13.0. The lowest BCUT2D eigenvalue weighted by Crippen LogP contribution is -2.39. The normalized spacial score (nSPS) is 21.6. The van der Waals surface area contributed by atoms with Crippen molar-refractivity contribution in [1.82, 2.24) is 9.47 Å². The summed E-state index contributed by atoms with van der Waals surface area (Å²) in [5, 5.41) is 2.26. The number of fused-ring (bicyclic) bond motifs is 3. The Bertz CT molecular complexity index is 647. The van der Waals surface area contributed by atoms with Crippen LogP contribution < -0.4 is 0 Å². The number of rotatable bonds is 1. The van der Waals surface area contributed by atoms with Crippen LogP contribution in [0.1, 0.15) is 37.1 Å². The minimum atomic E-state index is 0. The number of hydrogen-bond acceptors (Lipinski definition) is 1. The summed E-state index contributed by atoms with van der Waals surface area (Å²) in [5.74, 6) is 0. The molecule has 0 saturated heterocycles. The molecule has 0 spiro atoms. The second-order valence-electron chi connectivity index (χ2n) is 5.71. The van der Waals surface area contributed by atoms with E-state index in [-0.39, 0.29) is 12.4 Å². The summed E-state index contributed by atoms with van der Waals surface area (Å²) in [5.41, 5.74) is 4.53. The van der Waals surface area contributed by atoms with E-state index in [0.29, 0.717) is 6.04 Å². The van der Waals surface area contributed by atoms with Crippen molar-refractivity contribution in [2.24, 2.45) is 0 Å². The molecule has 0 radical (unpaired) electrons. The average molecular weight is 311 g/mol. The van der Waals surface area contributed by atoms with Gasteiger partial charge in [-0.05, 0) is 49.6 Å². The minimum Gasteiger partial charge on any atom is -0.342 e. The smallest absolute Gasteiger partial charge is 0.0504 e. The molecule has 1 unspecified atom stereocenters. The molecule has 0 saturated carbocycles. The van der Waals surface area contributed by atoms with Crippen LogP contribution in [-0.4, -0.2) is 22.6 Å². The minimum absolute atomic E-state index is 0. The summed E-state index contributed by atoms with van der Waals surface area (Å²) < 4.78 is 2.55. The molecule has 1 aromatic carbocycles. The quantitative estimate of drug-likeness (QED) is 0.756. The third-order valence-electron chi connectivity index (χ3n) is 4.85. The number of hydrogen-bond donors (Lipinski definition) is 0. The van der Waals surface area contributed by atoms with E-state index in [4.69, 9.17) is 11.6 Å². The van der Waals surface area contributed by atoms with Gasteiger partial charge in [-0.1, -0.05) is 18.5 Å². The summed E-state index contributed by atoms with van der Waals surface area (Å²) in [6.45, 7) is 5.74. The maximum Gasteiger partial charge on any atom is 0.0504 e. The second-order valence-corrected chi connectivity index (χ2v) is 6.15. The Morgan fingerprint density at radius 1 is 1.30 bits per heavy atom. The van der Waals surface area contributed by atoms with Crippen LogP contribution in [0.4, 0.5) is 0 Å². The Labute approximate surface area is 131 Å². The van der Waals surface area contributed by atoms with Crippen LogP contribution in [0.2, 0.25) is 5.02 Å². The number of aryl methyl sites for hydroxylation is 1. The first-order valence-electron chi connectivity index (χ1n) is 7.34. The van der Waals surface area contributed by atoms with E-state index in [0.717, 1.165) is 18.1 Å². The SMILES string of the molecule is CCN1CCn2c3c(c4cc(Cl)ccc42)CCCC31.Cl. The van der Waals surface area contributed by atoms with Crippen LogP contribution in [0, 0.1) is 0 Å². The van der Waals surface area contributed by atoms with Crippen LogP contribution in [-0.2, 0) is 13.0 Å². The first-order chi connectivity index (χ1) is 9.29. The number of aromatic nitrogens is 1. The molecule has 0 N–H and O–H groups in total. The molecule has 1 aliphatic carbocycles. The molecule has 2 heterocycles. The Kier molecular flexibility index (Phi) is 3.74. The molecule has 0 bridgehead atoms. The number of nitrogens with zero attached hydrogens (tertiary/aromatic N) is 2. The standard InChI is InChI=1S/C16H19ClN2.ClH/c1-2-18-8-9-19-14-7-6-11(17)10-13(14)12-4-3-5-15(18)16(12)19;/h6-7,10,15H,2-5,8-9H2,1H3;1H. The zero-order valence-corrected chi connectivity index (χ0v) is 13.3. The van der Waals surface area contributed by atoms with Crippen molar-refractivity contribution >= 4 is 34.9 Å². The van der Waals surface area contributed by atoms with E-state index in [1.54, 1.807) is 11.3 Å². The van der Waals surface area contributed by atoms with Gasteiger partial charge >= 0.3 is 0 Å². The highest BCUT2D eigenvalue weighted by Crippen LogP contribution is 2.42. The second kappa shape index (κ2) is 5.25. The third kappa shape index (κ3) is 1.89. The molecule has 1 aliphatic heterocycles. The number of halogens is 2. The van der Waals surface area contributed by atoms with Gasteiger partial charge in [-0.2, -0.15) is 0 Å². The highest BCUT2D eigenvalue weighted by atomic mass is 35.5. The van der Waals surface area contributed by atoms with Crippen molar-refractivity contribution in [3.8, 4) is 0 Å². The van der Waals surface area contributed by atoms with Crippen molar-refractivity contribution in [3.05, 3.63) is 34.5 Å². The summed E-state index contributed by atoms with van der Waals surface area (Å²) in [4.78, 5) is 2.64. The molecule has 0 amide bonds. The molecule has 108 valence electrons. The molecule has 0 fully saturated rings.